The van der Waals surface area contributed by atoms with Crippen LogP contribution >= 0.6 is 0 Å². The predicted octanol–water partition coefficient (Wildman–Crippen LogP) is 3.15. The van der Waals surface area contributed by atoms with Gasteiger partial charge in [0, 0.05) is 0 Å². The fourth-order valence-electron chi connectivity index (χ4n) is 3.22. The van der Waals surface area contributed by atoms with Gasteiger partial charge in [0.1, 0.15) is 5.75 Å². The van der Waals surface area contributed by atoms with Crippen LogP contribution in [-0.2, 0) is 25.7 Å². The molecule has 0 atom stereocenters. The number of phenolic OH excluding ortho intramolecular Hbond substituents is 1. The molecule has 1 aromatic rings. The first-order chi connectivity index (χ1) is 7.36. The molecule has 0 saturated heterocycles. The van der Waals surface area contributed by atoms with Gasteiger partial charge in [-0.25, -0.2) is 0 Å². The molecule has 2 aliphatic carbocycles. The summed E-state index contributed by atoms with van der Waals surface area (Å²) in [6, 6.07) is 2.05. The minimum Gasteiger partial charge on any atom is -0.508 e. The van der Waals surface area contributed by atoms with Crippen LogP contribution in [0.3, 0.4) is 0 Å². The largest absolute Gasteiger partial charge is 0.508 e. The highest BCUT2D eigenvalue weighted by atomic mass is 16.3. The van der Waals surface area contributed by atoms with Gasteiger partial charge in [-0.3, -0.25) is 0 Å². The second-order valence-corrected chi connectivity index (χ2v) is 4.90. The highest BCUT2D eigenvalue weighted by Gasteiger charge is 2.22. The highest BCUT2D eigenvalue weighted by molar-refractivity contribution is 5.51. The molecule has 3 rings (SSSR count). The molecule has 0 aromatic heterocycles. The van der Waals surface area contributed by atoms with Crippen LogP contribution < -0.4 is 0 Å². The quantitative estimate of drug-likeness (QED) is 0.641. The van der Waals surface area contributed by atoms with Crippen molar-refractivity contribution in [1.82, 2.24) is 0 Å². The minimum atomic E-state index is 0.572. The Kier molecular flexibility index (Phi) is 2.19. The van der Waals surface area contributed by atoms with Crippen LogP contribution in [0.1, 0.15) is 47.9 Å². The van der Waals surface area contributed by atoms with Gasteiger partial charge in [0.15, 0.2) is 0 Å². The molecule has 0 fully saturated rings. The summed E-state index contributed by atoms with van der Waals surface area (Å²) in [7, 11) is 0. The van der Waals surface area contributed by atoms with Gasteiger partial charge in [-0.1, -0.05) is 6.42 Å². The van der Waals surface area contributed by atoms with E-state index in [0.717, 1.165) is 6.42 Å². The molecule has 0 unspecified atom stereocenters. The van der Waals surface area contributed by atoms with Crippen molar-refractivity contribution in [3.05, 3.63) is 28.3 Å². The molecule has 1 heteroatoms. The Morgan fingerprint density at radius 3 is 2.40 bits per heavy atom. The van der Waals surface area contributed by atoms with E-state index in [1.54, 1.807) is 5.56 Å². The monoisotopic (exact) mass is 202 g/mol. The Hall–Kier alpha value is -0.980. The molecule has 2 aliphatic rings. The maximum Gasteiger partial charge on any atom is 0.119 e. The fraction of sp³-hybridized carbons (Fsp3) is 0.571. The van der Waals surface area contributed by atoms with Crippen LogP contribution in [0.2, 0.25) is 0 Å². The first-order valence-electron chi connectivity index (χ1n) is 6.22. The van der Waals surface area contributed by atoms with E-state index in [9.17, 15) is 5.11 Å². The number of fused-ring (bicyclic) bond motifs is 3. The Bertz CT molecular complexity index is 393. The van der Waals surface area contributed by atoms with Crippen molar-refractivity contribution < 1.29 is 5.11 Å². The third kappa shape index (κ3) is 1.45. The van der Waals surface area contributed by atoms with E-state index in [1.807, 2.05) is 6.07 Å². The van der Waals surface area contributed by atoms with Crippen molar-refractivity contribution in [2.24, 2.45) is 0 Å². The van der Waals surface area contributed by atoms with Gasteiger partial charge >= 0.3 is 0 Å². The standard InChI is InChI=1S/C14H18O/c15-14-9-10-5-2-1-3-6-11(10)12-7-4-8-13(12)14/h9,15H,1-8H2. The molecule has 0 radical (unpaired) electrons. The Morgan fingerprint density at radius 2 is 1.47 bits per heavy atom. The SMILES string of the molecule is Oc1cc2c(c3c1CCC3)CCCCC2. The first kappa shape index (κ1) is 9.26. The van der Waals surface area contributed by atoms with E-state index in [1.165, 1.54) is 61.6 Å². The van der Waals surface area contributed by atoms with Gasteiger partial charge in [-0.2, -0.15) is 0 Å². The maximum absolute atomic E-state index is 9.98. The smallest absolute Gasteiger partial charge is 0.119 e. The molecule has 0 heterocycles. The zero-order valence-electron chi connectivity index (χ0n) is 9.18. The van der Waals surface area contributed by atoms with Crippen molar-refractivity contribution >= 4 is 0 Å². The molecule has 0 saturated carbocycles. The lowest BCUT2D eigenvalue weighted by atomic mass is 9.93. The molecule has 0 aliphatic heterocycles. The average molecular weight is 202 g/mol. The summed E-state index contributed by atoms with van der Waals surface area (Å²) in [6.45, 7) is 0. The zero-order chi connectivity index (χ0) is 10.3. The van der Waals surface area contributed by atoms with E-state index in [0.29, 0.717) is 5.75 Å². The van der Waals surface area contributed by atoms with Crippen molar-refractivity contribution in [3.8, 4) is 5.75 Å². The van der Waals surface area contributed by atoms with Crippen LogP contribution in [0, 0.1) is 0 Å². The van der Waals surface area contributed by atoms with Gasteiger partial charge in [-0.05, 0) is 73.3 Å². The second-order valence-electron chi connectivity index (χ2n) is 4.90. The van der Waals surface area contributed by atoms with Gasteiger partial charge in [-0.15, -0.1) is 0 Å². The molecule has 15 heavy (non-hydrogen) atoms. The van der Waals surface area contributed by atoms with E-state index in [4.69, 9.17) is 0 Å². The normalized spacial score (nSPS) is 19.5. The number of rotatable bonds is 0. The summed E-state index contributed by atoms with van der Waals surface area (Å²) in [5, 5.41) is 9.98. The van der Waals surface area contributed by atoms with Gasteiger partial charge in [0.25, 0.3) is 0 Å². The van der Waals surface area contributed by atoms with Crippen LogP contribution in [0.5, 0.6) is 5.75 Å². The molecular formula is C14H18O. The summed E-state index contributed by atoms with van der Waals surface area (Å²) in [5.41, 5.74) is 5.80. The number of benzene rings is 1. The molecule has 1 N–H and O–H groups in total. The molecule has 1 aromatic carbocycles. The molecule has 80 valence electrons. The predicted molar refractivity (Wildman–Crippen MR) is 61.4 cm³/mol. The van der Waals surface area contributed by atoms with Crippen molar-refractivity contribution in [2.45, 2.75) is 51.4 Å². The minimum absolute atomic E-state index is 0.572. The molecular weight excluding hydrogens is 184 g/mol. The number of aromatic hydroxyl groups is 1. The Balaban J connectivity index is 2.16. The van der Waals surface area contributed by atoms with Gasteiger partial charge in [0.2, 0.25) is 0 Å². The maximum atomic E-state index is 9.98. The van der Waals surface area contributed by atoms with Gasteiger partial charge in [0.05, 0.1) is 0 Å². The lowest BCUT2D eigenvalue weighted by Gasteiger charge is -2.13. The lowest BCUT2D eigenvalue weighted by Crippen LogP contribution is -1.98. The van der Waals surface area contributed by atoms with Gasteiger partial charge < -0.3 is 5.11 Å². The molecule has 0 amide bonds. The lowest BCUT2D eigenvalue weighted by molar-refractivity contribution is 0.468. The van der Waals surface area contributed by atoms with Crippen molar-refractivity contribution in [2.75, 3.05) is 0 Å². The fourth-order valence-corrected chi connectivity index (χ4v) is 3.22. The summed E-state index contributed by atoms with van der Waals surface area (Å²) >= 11 is 0. The average Bonchev–Trinajstić information content (AvgIpc) is 2.60. The summed E-state index contributed by atoms with van der Waals surface area (Å²) in [4.78, 5) is 0. The Labute approximate surface area is 91.1 Å². The van der Waals surface area contributed by atoms with Crippen LogP contribution in [0.25, 0.3) is 0 Å². The number of hydrogen-bond acceptors (Lipinski definition) is 1. The molecule has 0 bridgehead atoms. The summed E-state index contributed by atoms with van der Waals surface area (Å²) in [5.74, 6) is 0.572. The van der Waals surface area contributed by atoms with Crippen LogP contribution in [-0.4, -0.2) is 5.11 Å². The first-order valence-corrected chi connectivity index (χ1v) is 6.22. The van der Waals surface area contributed by atoms with Crippen molar-refractivity contribution in [1.29, 1.82) is 0 Å². The van der Waals surface area contributed by atoms with E-state index >= 15 is 0 Å². The second kappa shape index (κ2) is 3.55. The third-order valence-corrected chi connectivity index (χ3v) is 3.96. The zero-order valence-corrected chi connectivity index (χ0v) is 9.18. The number of aryl methyl sites for hydroxylation is 1. The van der Waals surface area contributed by atoms with Crippen LogP contribution in [0.4, 0.5) is 0 Å². The van der Waals surface area contributed by atoms with E-state index in [-0.39, 0.29) is 0 Å². The number of hydrogen-bond donors (Lipinski definition) is 1. The Morgan fingerprint density at radius 1 is 0.733 bits per heavy atom. The topological polar surface area (TPSA) is 20.2 Å². The van der Waals surface area contributed by atoms with Crippen molar-refractivity contribution in [3.63, 3.8) is 0 Å². The third-order valence-electron chi connectivity index (χ3n) is 3.96. The summed E-state index contributed by atoms with van der Waals surface area (Å²) < 4.78 is 0. The summed E-state index contributed by atoms with van der Waals surface area (Å²) in [6.07, 6.45) is 9.94. The van der Waals surface area contributed by atoms with E-state index in [2.05, 4.69) is 0 Å². The highest BCUT2D eigenvalue weighted by Crippen LogP contribution is 2.37. The number of phenols is 1. The van der Waals surface area contributed by atoms with E-state index < -0.39 is 0 Å². The molecule has 1 nitrogen and oxygen atoms in total. The molecule has 0 spiro atoms. The van der Waals surface area contributed by atoms with Crippen LogP contribution in [0.15, 0.2) is 6.07 Å².